The number of nitrogens with zero attached hydrogens (tertiary/aromatic N) is 4. The molecular formula is C15H14N6O5S2. The Balaban J connectivity index is 1.83. The van der Waals surface area contributed by atoms with Crippen LogP contribution < -0.4 is 19.5 Å². The lowest BCUT2D eigenvalue weighted by Gasteiger charge is -2.11. The number of urea groups is 1. The zero-order valence-electron chi connectivity index (χ0n) is 14.6. The molecule has 0 fully saturated rings. The van der Waals surface area contributed by atoms with Crippen LogP contribution in [0.25, 0.3) is 11.3 Å². The number of nitrogens with one attached hydrogen (secondary N) is 2. The van der Waals surface area contributed by atoms with Gasteiger partial charge in [0.15, 0.2) is 0 Å². The van der Waals surface area contributed by atoms with E-state index in [4.69, 9.17) is 9.47 Å². The van der Waals surface area contributed by atoms with Gasteiger partial charge in [-0.05, 0) is 17.6 Å². The van der Waals surface area contributed by atoms with Crippen LogP contribution in [0.5, 0.6) is 11.8 Å². The van der Waals surface area contributed by atoms with Crippen LogP contribution >= 0.6 is 11.5 Å². The Morgan fingerprint density at radius 3 is 2.39 bits per heavy atom. The SMILES string of the molecule is COc1cc(OC)nc(NC(=O)NS(=O)(=O)c2ccccc2-c2csnn2)n1. The molecule has 2 aromatic heterocycles. The molecular weight excluding hydrogens is 408 g/mol. The van der Waals surface area contributed by atoms with Crippen molar-refractivity contribution in [2.45, 2.75) is 4.90 Å². The van der Waals surface area contributed by atoms with Crippen molar-refractivity contribution in [3.05, 3.63) is 35.7 Å². The molecule has 3 aromatic rings. The Labute approximate surface area is 164 Å². The first kappa shape index (κ1) is 19.4. The number of rotatable bonds is 6. The number of benzene rings is 1. The second kappa shape index (κ2) is 8.14. The van der Waals surface area contributed by atoms with Crippen molar-refractivity contribution in [3.8, 4) is 23.0 Å². The van der Waals surface area contributed by atoms with E-state index in [9.17, 15) is 13.2 Å². The summed E-state index contributed by atoms with van der Waals surface area (Å²) in [5.41, 5.74) is 0.697. The van der Waals surface area contributed by atoms with E-state index in [1.165, 1.54) is 32.4 Å². The van der Waals surface area contributed by atoms with Gasteiger partial charge in [0.1, 0.15) is 5.69 Å². The van der Waals surface area contributed by atoms with E-state index >= 15 is 0 Å². The summed E-state index contributed by atoms with van der Waals surface area (Å²) in [6, 6.07) is 6.46. The fourth-order valence-corrected chi connectivity index (χ4v) is 3.75. The highest BCUT2D eigenvalue weighted by atomic mass is 32.2. The van der Waals surface area contributed by atoms with Crippen molar-refractivity contribution in [3.63, 3.8) is 0 Å². The van der Waals surface area contributed by atoms with E-state index in [0.717, 1.165) is 11.5 Å². The summed E-state index contributed by atoms with van der Waals surface area (Å²) in [6.45, 7) is 0. The zero-order chi connectivity index (χ0) is 20.1. The lowest BCUT2D eigenvalue weighted by molar-refractivity contribution is 0.256. The second-order valence-electron chi connectivity index (χ2n) is 5.12. The molecule has 0 atom stereocenters. The molecule has 1 aromatic carbocycles. The topological polar surface area (TPSA) is 145 Å². The van der Waals surface area contributed by atoms with Crippen molar-refractivity contribution in [1.29, 1.82) is 0 Å². The first-order valence-electron chi connectivity index (χ1n) is 7.60. The fourth-order valence-electron chi connectivity index (χ4n) is 2.17. The van der Waals surface area contributed by atoms with E-state index in [-0.39, 0.29) is 22.6 Å². The molecule has 3 rings (SSSR count). The molecule has 0 aliphatic heterocycles. The smallest absolute Gasteiger partial charge is 0.335 e. The van der Waals surface area contributed by atoms with Crippen molar-refractivity contribution >= 4 is 33.5 Å². The highest BCUT2D eigenvalue weighted by molar-refractivity contribution is 7.90. The van der Waals surface area contributed by atoms with Crippen LogP contribution in [0.15, 0.2) is 40.6 Å². The number of ether oxygens (including phenoxy) is 2. The number of methoxy groups -OCH3 is 2. The maximum absolute atomic E-state index is 12.7. The molecule has 146 valence electrons. The van der Waals surface area contributed by atoms with Gasteiger partial charge in [-0.25, -0.2) is 17.9 Å². The standard InChI is InChI=1S/C15H14N6O5S2/c1-25-12-7-13(26-2)17-14(16-12)18-15(22)20-28(23,24)11-6-4-3-5-9(11)10-8-27-21-19-10/h3-8H,1-2H3,(H2,16,17,18,20,22). The van der Waals surface area contributed by atoms with Gasteiger partial charge in [0.05, 0.1) is 25.2 Å². The molecule has 0 aliphatic carbocycles. The van der Waals surface area contributed by atoms with Gasteiger partial charge in [-0.1, -0.05) is 22.7 Å². The van der Waals surface area contributed by atoms with Crippen LogP contribution in [0.3, 0.4) is 0 Å². The van der Waals surface area contributed by atoms with Gasteiger partial charge in [-0.3, -0.25) is 5.32 Å². The molecule has 2 heterocycles. The maximum atomic E-state index is 12.7. The molecule has 0 spiro atoms. The average Bonchev–Trinajstić information content (AvgIpc) is 3.21. The number of hydrogen-bond donors (Lipinski definition) is 2. The van der Waals surface area contributed by atoms with Gasteiger partial charge in [-0.2, -0.15) is 9.97 Å². The molecule has 0 bridgehead atoms. The fraction of sp³-hybridized carbons (Fsp3) is 0.133. The van der Waals surface area contributed by atoms with Crippen LogP contribution in [-0.2, 0) is 10.0 Å². The van der Waals surface area contributed by atoms with E-state index in [1.54, 1.807) is 17.5 Å². The molecule has 0 saturated carbocycles. The minimum absolute atomic E-state index is 0.123. The summed E-state index contributed by atoms with van der Waals surface area (Å²) in [5, 5.41) is 7.71. The summed E-state index contributed by atoms with van der Waals surface area (Å²) in [5.74, 6) is 0.0682. The van der Waals surface area contributed by atoms with Gasteiger partial charge in [0, 0.05) is 10.9 Å². The third kappa shape index (κ3) is 4.32. The molecule has 0 unspecified atom stereocenters. The molecule has 13 heteroatoms. The lowest BCUT2D eigenvalue weighted by atomic mass is 10.2. The average molecular weight is 422 g/mol. The summed E-state index contributed by atoms with van der Waals surface area (Å²) < 4.78 is 41.0. The quantitative estimate of drug-likeness (QED) is 0.604. The minimum Gasteiger partial charge on any atom is -0.481 e. The Morgan fingerprint density at radius 1 is 1.11 bits per heavy atom. The first-order chi connectivity index (χ1) is 13.4. The van der Waals surface area contributed by atoms with Gasteiger partial charge in [0.2, 0.25) is 17.7 Å². The minimum atomic E-state index is -4.21. The maximum Gasteiger partial charge on any atom is 0.335 e. The Bertz CT molecular complexity index is 1070. The predicted molar refractivity (Wildman–Crippen MR) is 99.8 cm³/mol. The van der Waals surface area contributed by atoms with E-state index in [0.29, 0.717) is 11.3 Å². The van der Waals surface area contributed by atoms with Crippen molar-refractivity contribution in [1.82, 2.24) is 24.3 Å². The van der Waals surface area contributed by atoms with Gasteiger partial charge < -0.3 is 9.47 Å². The molecule has 28 heavy (non-hydrogen) atoms. The van der Waals surface area contributed by atoms with Gasteiger partial charge in [-0.15, -0.1) is 5.10 Å². The Morgan fingerprint density at radius 2 is 1.79 bits per heavy atom. The van der Waals surface area contributed by atoms with Crippen LogP contribution in [0, 0.1) is 0 Å². The van der Waals surface area contributed by atoms with E-state index in [1.807, 2.05) is 4.72 Å². The number of anilines is 1. The second-order valence-corrected chi connectivity index (χ2v) is 7.38. The number of carbonyl (C=O) groups excluding carboxylic acids is 1. The number of aromatic nitrogens is 4. The number of sulfonamides is 1. The Kier molecular flexibility index (Phi) is 5.65. The molecule has 2 N–H and O–H groups in total. The Hall–Kier alpha value is -3.32. The van der Waals surface area contributed by atoms with Crippen LogP contribution in [-0.4, -0.2) is 48.2 Å². The monoisotopic (exact) mass is 422 g/mol. The molecule has 0 saturated heterocycles. The van der Waals surface area contributed by atoms with Crippen LogP contribution in [0.4, 0.5) is 10.7 Å². The number of carbonyl (C=O) groups is 1. The largest absolute Gasteiger partial charge is 0.481 e. The number of amides is 2. The molecule has 11 nitrogen and oxygen atoms in total. The first-order valence-corrected chi connectivity index (χ1v) is 9.92. The summed E-state index contributed by atoms with van der Waals surface area (Å²) in [6.07, 6.45) is 0. The summed E-state index contributed by atoms with van der Waals surface area (Å²) in [7, 11) is -1.46. The van der Waals surface area contributed by atoms with Crippen molar-refractivity contribution in [2.75, 3.05) is 19.5 Å². The van der Waals surface area contributed by atoms with Crippen molar-refractivity contribution in [2.24, 2.45) is 0 Å². The third-order valence-corrected chi connectivity index (χ3v) is 5.26. The normalized spacial score (nSPS) is 10.9. The van der Waals surface area contributed by atoms with E-state index < -0.39 is 16.1 Å². The van der Waals surface area contributed by atoms with Crippen molar-refractivity contribution < 1.29 is 22.7 Å². The van der Waals surface area contributed by atoms with Crippen LogP contribution in [0.2, 0.25) is 0 Å². The lowest BCUT2D eigenvalue weighted by Crippen LogP contribution is -2.35. The van der Waals surface area contributed by atoms with Gasteiger partial charge >= 0.3 is 6.03 Å². The van der Waals surface area contributed by atoms with E-state index in [2.05, 4.69) is 24.9 Å². The summed E-state index contributed by atoms with van der Waals surface area (Å²) in [4.78, 5) is 19.9. The number of hydrogen-bond acceptors (Lipinski definition) is 10. The van der Waals surface area contributed by atoms with Gasteiger partial charge in [0.25, 0.3) is 10.0 Å². The molecule has 0 radical (unpaired) electrons. The zero-order valence-corrected chi connectivity index (χ0v) is 16.2. The highest BCUT2D eigenvalue weighted by Crippen LogP contribution is 2.26. The van der Waals surface area contributed by atoms with Crippen LogP contribution in [0.1, 0.15) is 0 Å². The third-order valence-electron chi connectivity index (χ3n) is 3.36. The molecule has 0 aliphatic rings. The predicted octanol–water partition coefficient (Wildman–Crippen LogP) is 1.52. The highest BCUT2D eigenvalue weighted by Gasteiger charge is 2.23. The molecule has 2 amide bonds. The summed E-state index contributed by atoms with van der Waals surface area (Å²) >= 11 is 1.08.